The normalized spacial score (nSPS) is 16.5. The second-order valence-electron chi connectivity index (χ2n) is 6.47. The highest BCUT2D eigenvalue weighted by molar-refractivity contribution is 5.92. The average molecular weight is 387 g/mol. The number of imidazole rings is 1. The minimum absolute atomic E-state index is 0. The van der Waals surface area contributed by atoms with Crippen LogP contribution in [0.5, 0.6) is 0 Å². The molecule has 1 amide bonds. The summed E-state index contributed by atoms with van der Waals surface area (Å²) >= 11 is 0. The minimum Gasteiger partial charge on any atom is -0.343 e. The van der Waals surface area contributed by atoms with Crippen molar-refractivity contribution >= 4 is 18.3 Å². The number of amides is 1. The van der Waals surface area contributed by atoms with E-state index in [1.54, 1.807) is 12.3 Å². The Morgan fingerprint density at radius 3 is 2.89 bits per heavy atom. The molecule has 1 atom stereocenters. The van der Waals surface area contributed by atoms with Crippen molar-refractivity contribution in [2.75, 3.05) is 13.1 Å². The molecule has 27 heavy (non-hydrogen) atoms. The van der Waals surface area contributed by atoms with Crippen LogP contribution in [0.15, 0.2) is 48.8 Å². The third kappa shape index (κ3) is 4.56. The number of piperidine rings is 1. The van der Waals surface area contributed by atoms with Crippen LogP contribution in [0.1, 0.15) is 35.2 Å². The lowest BCUT2D eigenvalue weighted by Gasteiger charge is -2.22. The molecule has 3 aromatic rings. The molecule has 1 fully saturated rings. The average Bonchev–Trinajstić information content (AvgIpc) is 3.37. The van der Waals surface area contributed by atoms with E-state index in [0.29, 0.717) is 24.1 Å². The third-order valence-electron chi connectivity index (χ3n) is 4.62. The Hall–Kier alpha value is -2.64. The van der Waals surface area contributed by atoms with Crippen molar-refractivity contribution in [1.82, 2.24) is 30.4 Å². The molecule has 0 spiro atoms. The number of hydrogen-bond acceptors (Lipinski definition) is 4. The zero-order chi connectivity index (χ0) is 17.8. The zero-order valence-corrected chi connectivity index (χ0v) is 15.7. The quantitative estimate of drug-likeness (QED) is 0.628. The van der Waals surface area contributed by atoms with Gasteiger partial charge in [0.1, 0.15) is 11.5 Å². The van der Waals surface area contributed by atoms with E-state index in [2.05, 4.69) is 25.7 Å². The fraction of sp³-hybridized carbons (Fsp3) is 0.316. The van der Waals surface area contributed by atoms with Gasteiger partial charge in [-0.2, -0.15) is 5.10 Å². The van der Waals surface area contributed by atoms with Crippen LogP contribution < -0.4 is 10.6 Å². The summed E-state index contributed by atoms with van der Waals surface area (Å²) in [6, 6.07) is 12.1. The van der Waals surface area contributed by atoms with E-state index in [1.165, 1.54) is 0 Å². The molecule has 3 N–H and O–H groups in total. The van der Waals surface area contributed by atoms with Gasteiger partial charge in [0.05, 0.1) is 24.5 Å². The first-order valence-corrected chi connectivity index (χ1v) is 8.93. The molecule has 4 rings (SSSR count). The van der Waals surface area contributed by atoms with Gasteiger partial charge in [-0.25, -0.2) is 4.98 Å². The molecule has 1 unspecified atom stereocenters. The number of rotatable bonds is 5. The van der Waals surface area contributed by atoms with Crippen molar-refractivity contribution < 1.29 is 4.79 Å². The monoisotopic (exact) mass is 386 g/mol. The predicted octanol–water partition coefficient (Wildman–Crippen LogP) is 2.55. The molecule has 3 heterocycles. The number of aromatic nitrogens is 4. The summed E-state index contributed by atoms with van der Waals surface area (Å²) in [7, 11) is 0. The number of nitrogens with one attached hydrogen (secondary N) is 3. The van der Waals surface area contributed by atoms with Gasteiger partial charge in [0, 0.05) is 12.7 Å². The Kier molecular flexibility index (Phi) is 6.26. The van der Waals surface area contributed by atoms with E-state index < -0.39 is 0 Å². The van der Waals surface area contributed by atoms with Crippen molar-refractivity contribution in [3.05, 3.63) is 60.3 Å². The van der Waals surface area contributed by atoms with Crippen LogP contribution in [0.4, 0.5) is 0 Å². The summed E-state index contributed by atoms with van der Waals surface area (Å²) in [5.74, 6) is 0.526. The third-order valence-corrected chi connectivity index (χ3v) is 4.62. The second kappa shape index (κ2) is 8.83. The van der Waals surface area contributed by atoms with Gasteiger partial charge < -0.3 is 15.6 Å². The minimum atomic E-state index is -0.190. The summed E-state index contributed by atoms with van der Waals surface area (Å²) in [6.07, 6.45) is 5.88. The second-order valence-corrected chi connectivity index (χ2v) is 6.47. The summed E-state index contributed by atoms with van der Waals surface area (Å²) in [5, 5.41) is 10.7. The lowest BCUT2D eigenvalue weighted by atomic mass is 10.1. The Balaban J connectivity index is 0.00000210. The number of halogens is 1. The van der Waals surface area contributed by atoms with Gasteiger partial charge in [0.25, 0.3) is 5.91 Å². The molecule has 8 heteroatoms. The number of benzene rings is 1. The van der Waals surface area contributed by atoms with Crippen LogP contribution in [-0.4, -0.2) is 38.7 Å². The molecule has 7 nitrogen and oxygen atoms in total. The van der Waals surface area contributed by atoms with Gasteiger partial charge >= 0.3 is 0 Å². The largest absolute Gasteiger partial charge is 0.343 e. The van der Waals surface area contributed by atoms with E-state index in [1.807, 2.05) is 41.2 Å². The first-order valence-electron chi connectivity index (χ1n) is 8.93. The van der Waals surface area contributed by atoms with E-state index in [-0.39, 0.29) is 18.3 Å². The smallest absolute Gasteiger partial charge is 0.272 e. The summed E-state index contributed by atoms with van der Waals surface area (Å²) in [6.45, 7) is 2.29. The van der Waals surface area contributed by atoms with Crippen LogP contribution >= 0.6 is 12.4 Å². The van der Waals surface area contributed by atoms with E-state index >= 15 is 0 Å². The lowest BCUT2D eigenvalue weighted by molar-refractivity contribution is 0.0943. The van der Waals surface area contributed by atoms with Crippen LogP contribution in [-0.2, 0) is 6.54 Å². The highest BCUT2D eigenvalue weighted by Gasteiger charge is 2.17. The molecular weight excluding hydrogens is 364 g/mol. The summed E-state index contributed by atoms with van der Waals surface area (Å²) < 4.78 is 1.89. The van der Waals surface area contributed by atoms with E-state index in [4.69, 9.17) is 0 Å². The highest BCUT2D eigenvalue weighted by atomic mass is 35.5. The predicted molar refractivity (Wildman–Crippen MR) is 106 cm³/mol. The Labute approximate surface area is 164 Å². The molecule has 1 aliphatic heterocycles. The van der Waals surface area contributed by atoms with E-state index in [0.717, 1.165) is 37.2 Å². The molecule has 142 valence electrons. The molecule has 1 aliphatic rings. The number of aromatic amines is 1. The van der Waals surface area contributed by atoms with Crippen LogP contribution in [0.25, 0.3) is 11.3 Å². The highest BCUT2D eigenvalue weighted by Crippen LogP contribution is 2.17. The van der Waals surface area contributed by atoms with Crippen LogP contribution in [0, 0.1) is 0 Å². The Morgan fingerprint density at radius 1 is 1.26 bits per heavy atom. The fourth-order valence-corrected chi connectivity index (χ4v) is 3.19. The van der Waals surface area contributed by atoms with Crippen LogP contribution in [0.3, 0.4) is 0 Å². The van der Waals surface area contributed by atoms with Gasteiger partial charge in [0.15, 0.2) is 0 Å². The number of carbonyl (C=O) groups is 1. The number of H-pyrrole nitrogens is 1. The summed E-state index contributed by atoms with van der Waals surface area (Å²) in [4.78, 5) is 19.9. The number of hydrogen-bond donors (Lipinski definition) is 3. The van der Waals surface area contributed by atoms with Crippen molar-refractivity contribution in [1.29, 1.82) is 0 Å². The Bertz CT molecular complexity index is 869. The van der Waals surface area contributed by atoms with Crippen molar-refractivity contribution in [2.24, 2.45) is 0 Å². The number of carbonyl (C=O) groups excluding carboxylic acids is 1. The topological polar surface area (TPSA) is 87.6 Å². The maximum absolute atomic E-state index is 12.3. The first-order chi connectivity index (χ1) is 12.8. The molecule has 2 aromatic heterocycles. The molecule has 0 radical (unpaired) electrons. The van der Waals surface area contributed by atoms with Gasteiger partial charge in [-0.3, -0.25) is 9.48 Å². The molecular formula is C19H23ClN6O. The SMILES string of the molecule is Cl.O=C(NCc1ncc(-c2ccccc2)[nH]1)c1ccn(C2CCCNC2)n1. The molecule has 0 saturated carbocycles. The Morgan fingerprint density at radius 2 is 2.11 bits per heavy atom. The zero-order valence-electron chi connectivity index (χ0n) is 14.9. The van der Waals surface area contributed by atoms with Gasteiger partial charge in [-0.15, -0.1) is 12.4 Å². The van der Waals surface area contributed by atoms with Crippen molar-refractivity contribution in [3.63, 3.8) is 0 Å². The molecule has 0 bridgehead atoms. The van der Waals surface area contributed by atoms with E-state index in [9.17, 15) is 4.79 Å². The van der Waals surface area contributed by atoms with Gasteiger partial charge in [0.2, 0.25) is 0 Å². The van der Waals surface area contributed by atoms with Gasteiger partial charge in [-0.1, -0.05) is 30.3 Å². The van der Waals surface area contributed by atoms with Crippen molar-refractivity contribution in [2.45, 2.75) is 25.4 Å². The maximum Gasteiger partial charge on any atom is 0.272 e. The lowest BCUT2D eigenvalue weighted by Crippen LogP contribution is -2.32. The van der Waals surface area contributed by atoms with Gasteiger partial charge in [-0.05, 0) is 31.0 Å². The van der Waals surface area contributed by atoms with Crippen LogP contribution in [0.2, 0.25) is 0 Å². The molecule has 0 aliphatic carbocycles. The standard InChI is InChI=1S/C19H22N6O.ClH/c26-19(16-8-10-25(24-16)15-7-4-9-20-11-15)22-13-18-21-12-17(23-18)14-5-2-1-3-6-14;/h1-3,5-6,8,10,12,15,20H,4,7,9,11,13H2,(H,21,23)(H,22,26);1H. The fourth-order valence-electron chi connectivity index (χ4n) is 3.19. The first kappa shape index (κ1) is 19.1. The van der Waals surface area contributed by atoms with Crippen molar-refractivity contribution in [3.8, 4) is 11.3 Å². The molecule has 1 aromatic carbocycles. The number of nitrogens with zero attached hydrogens (tertiary/aromatic N) is 3. The molecule has 1 saturated heterocycles. The summed E-state index contributed by atoms with van der Waals surface area (Å²) in [5.41, 5.74) is 2.44. The maximum atomic E-state index is 12.3.